The summed E-state index contributed by atoms with van der Waals surface area (Å²) >= 11 is 0. The third-order valence-electron chi connectivity index (χ3n) is 6.35. The Morgan fingerprint density at radius 1 is 1.12 bits per heavy atom. The number of hydrogen-bond donors (Lipinski definition) is 0. The molecular weight excluding hydrogens is 304 g/mol. The van der Waals surface area contributed by atoms with Gasteiger partial charge in [-0.25, -0.2) is 0 Å². The van der Waals surface area contributed by atoms with Gasteiger partial charge in [-0.1, -0.05) is 0 Å². The maximum Gasteiger partial charge on any atom is 0.248 e. The fraction of sp³-hybridized carbons (Fsp3) is 0.947. The van der Waals surface area contributed by atoms with Crippen molar-refractivity contribution in [1.82, 2.24) is 9.80 Å². The van der Waals surface area contributed by atoms with Gasteiger partial charge in [-0.15, -0.1) is 0 Å². The molecule has 3 saturated heterocycles. The van der Waals surface area contributed by atoms with Gasteiger partial charge in [0, 0.05) is 44.7 Å². The van der Waals surface area contributed by atoms with E-state index in [0.29, 0.717) is 12.7 Å². The van der Waals surface area contributed by atoms with E-state index < -0.39 is 0 Å². The van der Waals surface area contributed by atoms with Crippen LogP contribution in [0.3, 0.4) is 0 Å². The Labute approximate surface area is 145 Å². The van der Waals surface area contributed by atoms with Crippen molar-refractivity contribution < 1.29 is 14.3 Å². The third kappa shape index (κ3) is 3.78. The van der Waals surface area contributed by atoms with Gasteiger partial charge in [0.25, 0.3) is 0 Å². The predicted octanol–water partition coefficient (Wildman–Crippen LogP) is 1.91. The summed E-state index contributed by atoms with van der Waals surface area (Å²) in [4.78, 5) is 16.8. The zero-order chi connectivity index (χ0) is 16.4. The Morgan fingerprint density at radius 3 is 2.75 bits per heavy atom. The molecule has 0 unspecified atom stereocenters. The molecule has 24 heavy (non-hydrogen) atoms. The summed E-state index contributed by atoms with van der Waals surface area (Å²) in [6, 6.07) is 0. The molecule has 2 atom stereocenters. The molecule has 0 N–H and O–H groups in total. The van der Waals surface area contributed by atoms with E-state index >= 15 is 0 Å². The molecule has 0 aromatic rings. The molecule has 1 aliphatic carbocycles. The number of carbonyl (C=O) groups excluding carboxylic acids is 1. The number of carbonyl (C=O) groups is 1. The second-order valence-electron chi connectivity index (χ2n) is 8.37. The van der Waals surface area contributed by atoms with Crippen molar-refractivity contribution in [2.24, 2.45) is 11.3 Å². The monoisotopic (exact) mass is 336 g/mol. The summed E-state index contributed by atoms with van der Waals surface area (Å²) in [5, 5.41) is 0. The first-order valence-corrected chi connectivity index (χ1v) is 9.95. The van der Waals surface area contributed by atoms with Crippen LogP contribution >= 0.6 is 0 Å². The maximum absolute atomic E-state index is 12.2. The minimum absolute atomic E-state index is 0.108. The van der Waals surface area contributed by atoms with Gasteiger partial charge in [-0.2, -0.15) is 0 Å². The Balaban J connectivity index is 1.32. The highest BCUT2D eigenvalue weighted by atomic mass is 16.5. The second-order valence-corrected chi connectivity index (χ2v) is 8.37. The number of amides is 1. The highest BCUT2D eigenvalue weighted by molar-refractivity contribution is 5.77. The molecular formula is C19H32N2O3. The van der Waals surface area contributed by atoms with Crippen molar-refractivity contribution in [1.29, 1.82) is 0 Å². The lowest BCUT2D eigenvalue weighted by atomic mass is 9.73. The first-order valence-electron chi connectivity index (χ1n) is 9.95. The molecule has 4 aliphatic rings. The van der Waals surface area contributed by atoms with E-state index in [1.165, 1.54) is 25.8 Å². The molecule has 4 fully saturated rings. The number of ether oxygens (including phenoxy) is 2. The molecule has 0 aromatic carbocycles. The van der Waals surface area contributed by atoms with E-state index in [1.54, 1.807) is 0 Å². The molecule has 1 saturated carbocycles. The number of piperidine rings is 1. The Morgan fingerprint density at radius 2 is 1.96 bits per heavy atom. The third-order valence-corrected chi connectivity index (χ3v) is 6.35. The standard InChI is InChI=1S/C19H32N2O3/c22-18(21-8-1-2-9-21)13-23-15-19-7-3-11-24-17(19)6-10-20(14-19)12-16-4-5-16/h16-17H,1-15H2/t17-,19-/m1/s1. The van der Waals surface area contributed by atoms with Crippen LogP contribution < -0.4 is 0 Å². The molecule has 0 spiro atoms. The van der Waals surface area contributed by atoms with E-state index in [2.05, 4.69) is 4.90 Å². The second kappa shape index (κ2) is 7.30. The lowest BCUT2D eigenvalue weighted by Gasteiger charge is -2.50. The number of hydrogen-bond acceptors (Lipinski definition) is 4. The summed E-state index contributed by atoms with van der Waals surface area (Å²) in [7, 11) is 0. The van der Waals surface area contributed by atoms with Gasteiger partial charge in [0.15, 0.2) is 0 Å². The molecule has 5 nitrogen and oxygen atoms in total. The van der Waals surface area contributed by atoms with Crippen molar-refractivity contribution in [2.75, 3.05) is 52.5 Å². The molecule has 0 aromatic heterocycles. The lowest BCUT2D eigenvalue weighted by Crippen LogP contribution is -2.57. The van der Waals surface area contributed by atoms with Gasteiger partial charge < -0.3 is 19.3 Å². The first kappa shape index (κ1) is 16.8. The highest BCUT2D eigenvalue weighted by Crippen LogP contribution is 2.41. The van der Waals surface area contributed by atoms with Crippen molar-refractivity contribution in [3.8, 4) is 0 Å². The Hall–Kier alpha value is -0.650. The van der Waals surface area contributed by atoms with Crippen molar-refractivity contribution in [3.63, 3.8) is 0 Å². The Kier molecular flexibility index (Phi) is 5.11. The van der Waals surface area contributed by atoms with Crippen LogP contribution in [0.1, 0.15) is 44.9 Å². The molecule has 136 valence electrons. The number of fused-ring (bicyclic) bond motifs is 1. The topological polar surface area (TPSA) is 42.0 Å². The fourth-order valence-electron chi connectivity index (χ4n) is 4.81. The van der Waals surface area contributed by atoms with Crippen LogP contribution in [0.5, 0.6) is 0 Å². The molecule has 3 aliphatic heterocycles. The van der Waals surface area contributed by atoms with Crippen molar-refractivity contribution >= 4 is 5.91 Å². The SMILES string of the molecule is O=C(COC[C@]12CCCO[C@@H]1CCN(CC1CC1)C2)N1CCCC1. The van der Waals surface area contributed by atoms with Gasteiger partial charge >= 0.3 is 0 Å². The minimum Gasteiger partial charge on any atom is -0.377 e. The van der Waals surface area contributed by atoms with Crippen molar-refractivity contribution in [2.45, 2.75) is 51.0 Å². The van der Waals surface area contributed by atoms with Gasteiger partial charge in [0.1, 0.15) is 6.61 Å². The van der Waals surface area contributed by atoms with E-state index in [9.17, 15) is 4.79 Å². The zero-order valence-electron chi connectivity index (χ0n) is 14.9. The summed E-state index contributed by atoms with van der Waals surface area (Å²) in [5.41, 5.74) is 0.108. The smallest absolute Gasteiger partial charge is 0.248 e. The summed E-state index contributed by atoms with van der Waals surface area (Å²) < 4.78 is 12.1. The zero-order valence-corrected chi connectivity index (χ0v) is 14.9. The number of nitrogens with zero attached hydrogens (tertiary/aromatic N) is 2. The average Bonchev–Trinajstić information content (AvgIpc) is 3.23. The molecule has 1 amide bonds. The van der Waals surface area contributed by atoms with Crippen molar-refractivity contribution in [3.05, 3.63) is 0 Å². The van der Waals surface area contributed by atoms with Gasteiger partial charge in [0.2, 0.25) is 5.91 Å². The predicted molar refractivity (Wildman–Crippen MR) is 91.8 cm³/mol. The van der Waals surface area contributed by atoms with Crippen LogP contribution in [0.25, 0.3) is 0 Å². The molecule has 5 heteroatoms. The quantitative estimate of drug-likeness (QED) is 0.743. The van der Waals surface area contributed by atoms with E-state index in [4.69, 9.17) is 9.47 Å². The molecule has 0 bridgehead atoms. The molecule has 4 rings (SSSR count). The molecule has 3 heterocycles. The molecule has 0 radical (unpaired) electrons. The lowest BCUT2D eigenvalue weighted by molar-refractivity contribution is -0.159. The largest absolute Gasteiger partial charge is 0.377 e. The Bertz CT molecular complexity index is 448. The fourth-order valence-corrected chi connectivity index (χ4v) is 4.81. The van der Waals surface area contributed by atoms with Crippen LogP contribution in [-0.4, -0.2) is 74.4 Å². The van der Waals surface area contributed by atoms with E-state index in [1.807, 2.05) is 4.90 Å². The van der Waals surface area contributed by atoms with Gasteiger partial charge in [0.05, 0.1) is 12.7 Å². The van der Waals surface area contributed by atoms with E-state index in [-0.39, 0.29) is 17.9 Å². The van der Waals surface area contributed by atoms with Crippen LogP contribution in [-0.2, 0) is 14.3 Å². The van der Waals surface area contributed by atoms with Crippen LogP contribution in [0.2, 0.25) is 0 Å². The summed E-state index contributed by atoms with van der Waals surface area (Å²) in [6.45, 7) is 7.14. The van der Waals surface area contributed by atoms with Gasteiger partial charge in [-0.05, 0) is 50.9 Å². The summed E-state index contributed by atoms with van der Waals surface area (Å²) in [5.74, 6) is 1.10. The van der Waals surface area contributed by atoms with Crippen LogP contribution in [0.4, 0.5) is 0 Å². The highest BCUT2D eigenvalue weighted by Gasteiger charge is 2.46. The van der Waals surface area contributed by atoms with Gasteiger partial charge in [-0.3, -0.25) is 4.79 Å². The first-order chi connectivity index (χ1) is 11.8. The minimum atomic E-state index is 0.108. The average molecular weight is 336 g/mol. The van der Waals surface area contributed by atoms with Crippen LogP contribution in [0.15, 0.2) is 0 Å². The normalized spacial score (nSPS) is 34.3. The van der Waals surface area contributed by atoms with E-state index in [0.717, 1.165) is 64.4 Å². The summed E-state index contributed by atoms with van der Waals surface area (Å²) in [6.07, 6.45) is 8.84. The van der Waals surface area contributed by atoms with Crippen LogP contribution in [0, 0.1) is 11.3 Å². The maximum atomic E-state index is 12.2. The number of rotatable bonds is 6. The number of likely N-dealkylation sites (tertiary alicyclic amines) is 2.